The Morgan fingerprint density at radius 1 is 1.29 bits per heavy atom. The number of imidazole rings is 1. The molecule has 4 heteroatoms. The van der Waals surface area contributed by atoms with Crippen molar-refractivity contribution in [1.82, 2.24) is 14.9 Å². The van der Waals surface area contributed by atoms with Gasteiger partial charge in [-0.25, -0.2) is 4.98 Å². The number of hydrogen-bond donors (Lipinski definition) is 1. The molecule has 0 bridgehead atoms. The van der Waals surface area contributed by atoms with Crippen LogP contribution in [0.2, 0.25) is 5.02 Å². The molecule has 1 aromatic carbocycles. The molecule has 2 rings (SSSR count). The van der Waals surface area contributed by atoms with Crippen molar-refractivity contribution in [2.24, 2.45) is 0 Å². The zero-order valence-corrected chi connectivity index (χ0v) is 13.8. The first-order valence-corrected chi connectivity index (χ1v) is 8.05. The van der Waals surface area contributed by atoms with Gasteiger partial charge in [0.2, 0.25) is 0 Å². The van der Waals surface area contributed by atoms with E-state index in [2.05, 4.69) is 47.8 Å². The first-order chi connectivity index (χ1) is 10.2. The molecule has 0 aliphatic rings. The summed E-state index contributed by atoms with van der Waals surface area (Å²) in [5.74, 6) is 1.04. The normalized spacial score (nSPS) is 12.6. The van der Waals surface area contributed by atoms with Crippen LogP contribution in [0, 0.1) is 6.92 Å². The SMILES string of the molecule is CCCNC(c1ccc(C)cc1Cl)c1nccn1CCC. The number of nitrogens with zero attached hydrogens (tertiary/aromatic N) is 2. The third-order valence-corrected chi connectivity index (χ3v) is 3.86. The van der Waals surface area contributed by atoms with E-state index < -0.39 is 0 Å². The first-order valence-electron chi connectivity index (χ1n) is 7.67. The summed E-state index contributed by atoms with van der Waals surface area (Å²) >= 11 is 6.47. The lowest BCUT2D eigenvalue weighted by atomic mass is 10.0. The molecule has 3 nitrogen and oxygen atoms in total. The van der Waals surface area contributed by atoms with Crippen molar-refractivity contribution in [3.8, 4) is 0 Å². The zero-order chi connectivity index (χ0) is 15.2. The van der Waals surface area contributed by atoms with Crippen molar-refractivity contribution < 1.29 is 0 Å². The highest BCUT2D eigenvalue weighted by molar-refractivity contribution is 6.31. The Morgan fingerprint density at radius 3 is 2.76 bits per heavy atom. The molecule has 0 radical (unpaired) electrons. The van der Waals surface area contributed by atoms with Crippen molar-refractivity contribution >= 4 is 11.6 Å². The lowest BCUT2D eigenvalue weighted by Gasteiger charge is -2.21. The summed E-state index contributed by atoms with van der Waals surface area (Å²) in [6.07, 6.45) is 6.08. The fourth-order valence-corrected chi connectivity index (χ4v) is 2.85. The maximum atomic E-state index is 6.47. The van der Waals surface area contributed by atoms with Crippen LogP contribution < -0.4 is 5.32 Å². The van der Waals surface area contributed by atoms with Crippen LogP contribution >= 0.6 is 11.6 Å². The Balaban J connectivity index is 2.39. The molecule has 21 heavy (non-hydrogen) atoms. The highest BCUT2D eigenvalue weighted by atomic mass is 35.5. The van der Waals surface area contributed by atoms with Crippen LogP contribution in [-0.4, -0.2) is 16.1 Å². The van der Waals surface area contributed by atoms with E-state index in [1.54, 1.807) is 0 Å². The average Bonchev–Trinajstić information content (AvgIpc) is 2.90. The zero-order valence-electron chi connectivity index (χ0n) is 13.1. The number of rotatable bonds is 7. The summed E-state index contributed by atoms with van der Waals surface area (Å²) in [6.45, 7) is 8.32. The minimum Gasteiger partial charge on any atom is -0.333 e. The van der Waals surface area contributed by atoms with Crippen LogP contribution in [0.3, 0.4) is 0 Å². The van der Waals surface area contributed by atoms with Gasteiger partial charge in [-0.3, -0.25) is 0 Å². The maximum Gasteiger partial charge on any atom is 0.130 e. The summed E-state index contributed by atoms with van der Waals surface area (Å²) in [5.41, 5.74) is 2.27. The minimum atomic E-state index is 0.0413. The van der Waals surface area contributed by atoms with Crippen molar-refractivity contribution in [2.75, 3.05) is 6.54 Å². The molecular formula is C17H24ClN3. The van der Waals surface area contributed by atoms with Crippen LogP contribution in [0.1, 0.15) is 49.7 Å². The fourth-order valence-electron chi connectivity index (χ4n) is 2.51. The molecule has 0 fully saturated rings. The van der Waals surface area contributed by atoms with Gasteiger partial charge in [-0.05, 0) is 43.5 Å². The third-order valence-electron chi connectivity index (χ3n) is 3.54. The molecule has 0 aliphatic heterocycles. The van der Waals surface area contributed by atoms with Gasteiger partial charge in [0.15, 0.2) is 0 Å². The van der Waals surface area contributed by atoms with Crippen LogP contribution in [0.5, 0.6) is 0 Å². The third kappa shape index (κ3) is 3.86. The van der Waals surface area contributed by atoms with Gasteiger partial charge in [-0.15, -0.1) is 0 Å². The Kier molecular flexibility index (Phi) is 5.83. The van der Waals surface area contributed by atoms with Gasteiger partial charge in [0.05, 0.1) is 6.04 Å². The largest absolute Gasteiger partial charge is 0.333 e. The van der Waals surface area contributed by atoms with Gasteiger partial charge in [0, 0.05) is 24.0 Å². The van der Waals surface area contributed by atoms with Crippen molar-refractivity contribution in [1.29, 1.82) is 0 Å². The van der Waals surface area contributed by atoms with E-state index in [4.69, 9.17) is 11.6 Å². The van der Waals surface area contributed by atoms with E-state index in [-0.39, 0.29) is 6.04 Å². The summed E-state index contributed by atoms with van der Waals surface area (Å²) in [5, 5.41) is 4.38. The molecule has 1 aromatic heterocycles. The molecule has 0 aliphatic carbocycles. The van der Waals surface area contributed by atoms with Crippen LogP contribution in [0.4, 0.5) is 0 Å². The lowest BCUT2D eigenvalue weighted by molar-refractivity contribution is 0.530. The second kappa shape index (κ2) is 7.62. The number of hydrogen-bond acceptors (Lipinski definition) is 2. The number of aryl methyl sites for hydroxylation is 2. The number of halogens is 1. The van der Waals surface area contributed by atoms with E-state index in [9.17, 15) is 0 Å². The Labute approximate surface area is 132 Å². The molecule has 1 heterocycles. The van der Waals surface area contributed by atoms with E-state index in [1.165, 1.54) is 5.56 Å². The molecular weight excluding hydrogens is 282 g/mol. The molecule has 0 spiro atoms. The monoisotopic (exact) mass is 305 g/mol. The number of aromatic nitrogens is 2. The molecule has 0 amide bonds. The quantitative estimate of drug-likeness (QED) is 0.824. The molecule has 1 N–H and O–H groups in total. The predicted molar refractivity (Wildman–Crippen MR) is 88.8 cm³/mol. The van der Waals surface area contributed by atoms with Crippen LogP contribution in [0.15, 0.2) is 30.6 Å². The maximum absolute atomic E-state index is 6.47. The molecule has 1 unspecified atom stereocenters. The van der Waals surface area contributed by atoms with Gasteiger partial charge < -0.3 is 9.88 Å². The van der Waals surface area contributed by atoms with Crippen molar-refractivity contribution in [3.63, 3.8) is 0 Å². The van der Waals surface area contributed by atoms with Gasteiger partial charge >= 0.3 is 0 Å². The van der Waals surface area contributed by atoms with Gasteiger partial charge in [0.25, 0.3) is 0 Å². The average molecular weight is 306 g/mol. The standard InChI is InChI=1S/C17H24ClN3/c1-4-8-19-16(14-7-6-13(3)12-15(14)18)17-20-9-11-21(17)10-5-2/h6-7,9,11-12,16,19H,4-5,8,10H2,1-3H3. The second-order valence-corrected chi connectivity index (χ2v) is 5.80. The van der Waals surface area contributed by atoms with Gasteiger partial charge in [0.1, 0.15) is 5.82 Å². The van der Waals surface area contributed by atoms with Crippen LogP contribution in [-0.2, 0) is 6.54 Å². The van der Waals surface area contributed by atoms with Crippen molar-refractivity contribution in [2.45, 2.75) is 46.2 Å². The topological polar surface area (TPSA) is 29.9 Å². The summed E-state index contributed by atoms with van der Waals surface area (Å²) in [4.78, 5) is 4.57. The Morgan fingerprint density at radius 2 is 2.10 bits per heavy atom. The molecule has 0 saturated heterocycles. The van der Waals surface area contributed by atoms with Gasteiger partial charge in [-0.2, -0.15) is 0 Å². The lowest BCUT2D eigenvalue weighted by Crippen LogP contribution is -2.26. The summed E-state index contributed by atoms with van der Waals surface area (Å²) in [7, 11) is 0. The highest BCUT2D eigenvalue weighted by Gasteiger charge is 2.20. The summed E-state index contributed by atoms with van der Waals surface area (Å²) < 4.78 is 2.21. The number of benzene rings is 1. The van der Waals surface area contributed by atoms with E-state index in [0.29, 0.717) is 0 Å². The van der Waals surface area contributed by atoms with E-state index >= 15 is 0 Å². The Bertz CT molecular complexity index is 577. The molecule has 114 valence electrons. The highest BCUT2D eigenvalue weighted by Crippen LogP contribution is 2.28. The smallest absolute Gasteiger partial charge is 0.130 e. The van der Waals surface area contributed by atoms with Crippen molar-refractivity contribution in [3.05, 3.63) is 52.6 Å². The van der Waals surface area contributed by atoms with E-state index in [0.717, 1.165) is 42.3 Å². The summed E-state index contributed by atoms with van der Waals surface area (Å²) in [6, 6.07) is 6.27. The van der Waals surface area contributed by atoms with E-state index in [1.807, 2.05) is 18.5 Å². The Hall–Kier alpha value is -1.32. The second-order valence-electron chi connectivity index (χ2n) is 5.39. The first kappa shape index (κ1) is 16.1. The molecule has 1 atom stereocenters. The molecule has 0 saturated carbocycles. The molecule has 2 aromatic rings. The minimum absolute atomic E-state index is 0.0413. The van der Waals surface area contributed by atoms with Crippen LogP contribution in [0.25, 0.3) is 0 Å². The fraction of sp³-hybridized carbons (Fsp3) is 0.471. The number of nitrogens with one attached hydrogen (secondary N) is 1. The predicted octanol–water partition coefficient (Wildman–Crippen LogP) is 4.34. The van der Waals surface area contributed by atoms with Gasteiger partial charge in [-0.1, -0.05) is 37.6 Å².